The van der Waals surface area contributed by atoms with Crippen molar-refractivity contribution >= 4 is 35.0 Å². The Labute approximate surface area is 107 Å². The van der Waals surface area contributed by atoms with E-state index in [1.165, 1.54) is 25.6 Å². The minimum atomic E-state index is -0.653. The van der Waals surface area contributed by atoms with Gasteiger partial charge in [0.05, 0.1) is 20.6 Å². The van der Waals surface area contributed by atoms with E-state index in [-0.39, 0.29) is 6.42 Å². The van der Waals surface area contributed by atoms with Gasteiger partial charge in [-0.3, -0.25) is 9.59 Å². The largest absolute Gasteiger partial charge is 0.469 e. The van der Waals surface area contributed by atoms with E-state index in [0.717, 1.165) is 16.8 Å². The number of rotatable bonds is 5. The molecule has 6 nitrogen and oxygen atoms in total. The van der Waals surface area contributed by atoms with Gasteiger partial charge in [-0.1, -0.05) is 23.1 Å². The van der Waals surface area contributed by atoms with Crippen LogP contribution < -0.4 is 0 Å². The van der Waals surface area contributed by atoms with E-state index in [0.29, 0.717) is 4.34 Å². The zero-order valence-electron chi connectivity index (χ0n) is 9.63. The first-order valence-corrected chi connectivity index (χ1v) is 6.37. The predicted molar refractivity (Wildman–Crippen MR) is 62.9 cm³/mol. The number of esters is 2. The van der Waals surface area contributed by atoms with Crippen molar-refractivity contribution in [3.63, 3.8) is 0 Å². The molecule has 1 atom stereocenters. The Hall–Kier alpha value is -1.15. The van der Waals surface area contributed by atoms with E-state index in [9.17, 15) is 9.59 Å². The molecule has 1 aromatic rings. The lowest BCUT2D eigenvalue weighted by molar-refractivity contribution is -0.146. The van der Waals surface area contributed by atoms with Crippen molar-refractivity contribution in [1.29, 1.82) is 0 Å². The maximum absolute atomic E-state index is 11.5. The summed E-state index contributed by atoms with van der Waals surface area (Å²) in [5.74, 6) is -0.942. The first kappa shape index (κ1) is 13.9. The van der Waals surface area contributed by atoms with Gasteiger partial charge in [0.15, 0.2) is 4.34 Å². The summed E-state index contributed by atoms with van der Waals surface area (Å²) in [6, 6.07) is 0. The van der Waals surface area contributed by atoms with Gasteiger partial charge in [-0.2, -0.15) is 0 Å². The summed E-state index contributed by atoms with van der Waals surface area (Å²) in [4.78, 5) is 22.6. The number of aromatic nitrogens is 2. The molecular formula is C9H12N2O4S2. The first-order valence-electron chi connectivity index (χ1n) is 4.68. The van der Waals surface area contributed by atoms with Gasteiger partial charge in [0.25, 0.3) is 0 Å². The predicted octanol–water partition coefficient (Wildman–Crippen LogP) is 1.04. The number of hydrogen-bond donors (Lipinski definition) is 0. The number of hydrogen-bond acceptors (Lipinski definition) is 8. The molecule has 1 rings (SSSR count). The summed E-state index contributed by atoms with van der Waals surface area (Å²) in [7, 11) is 2.55. The van der Waals surface area contributed by atoms with E-state index in [1.54, 1.807) is 0 Å². The van der Waals surface area contributed by atoms with Crippen LogP contribution in [0.2, 0.25) is 0 Å². The third-order valence-electron chi connectivity index (χ3n) is 1.79. The average Bonchev–Trinajstić information content (AvgIpc) is 2.72. The summed E-state index contributed by atoms with van der Waals surface area (Å²) in [5, 5.41) is 7.86. The molecule has 0 fully saturated rings. The fraction of sp³-hybridized carbons (Fsp3) is 0.556. The minimum Gasteiger partial charge on any atom is -0.469 e. The Kier molecular flexibility index (Phi) is 5.36. The normalized spacial score (nSPS) is 11.9. The van der Waals surface area contributed by atoms with E-state index in [4.69, 9.17) is 0 Å². The van der Waals surface area contributed by atoms with Crippen LogP contribution in [0.5, 0.6) is 0 Å². The van der Waals surface area contributed by atoms with E-state index < -0.39 is 17.2 Å². The fourth-order valence-corrected chi connectivity index (χ4v) is 3.05. The summed E-state index contributed by atoms with van der Waals surface area (Å²) in [6.07, 6.45) is -0.0491. The van der Waals surface area contributed by atoms with Crippen molar-refractivity contribution < 1.29 is 19.1 Å². The lowest BCUT2D eigenvalue weighted by Crippen LogP contribution is -2.22. The second-order valence-electron chi connectivity index (χ2n) is 3.00. The van der Waals surface area contributed by atoms with Crippen molar-refractivity contribution in [1.82, 2.24) is 10.2 Å². The van der Waals surface area contributed by atoms with E-state index in [2.05, 4.69) is 19.7 Å². The molecule has 1 heterocycles. The van der Waals surface area contributed by atoms with Gasteiger partial charge in [0.2, 0.25) is 0 Å². The van der Waals surface area contributed by atoms with Crippen molar-refractivity contribution in [2.75, 3.05) is 14.2 Å². The second-order valence-corrected chi connectivity index (χ2v) is 5.63. The lowest BCUT2D eigenvalue weighted by Gasteiger charge is -2.10. The van der Waals surface area contributed by atoms with Crippen LogP contribution in [0.15, 0.2) is 4.34 Å². The standard InChI is InChI=1S/C9H12N2O4S2/c1-5-10-11-9(16-5)17-6(8(13)15-3)4-7(12)14-2/h6H,4H2,1-3H3. The molecule has 0 saturated carbocycles. The molecule has 0 aromatic carbocycles. The van der Waals surface area contributed by atoms with Crippen molar-refractivity contribution in [3.8, 4) is 0 Å². The van der Waals surface area contributed by atoms with Crippen molar-refractivity contribution in [3.05, 3.63) is 5.01 Å². The van der Waals surface area contributed by atoms with Crippen LogP contribution in [0.25, 0.3) is 0 Å². The molecule has 0 aliphatic carbocycles. The fourth-order valence-electron chi connectivity index (χ4n) is 0.987. The molecule has 0 aliphatic heterocycles. The first-order chi connectivity index (χ1) is 8.06. The van der Waals surface area contributed by atoms with Crippen LogP contribution in [0, 0.1) is 6.92 Å². The van der Waals surface area contributed by atoms with Crippen LogP contribution in [0.4, 0.5) is 0 Å². The third kappa shape index (κ3) is 4.31. The second kappa shape index (κ2) is 6.55. The Morgan fingerprint density at radius 2 is 2.06 bits per heavy atom. The van der Waals surface area contributed by atoms with Crippen LogP contribution in [-0.4, -0.2) is 41.6 Å². The number of carbonyl (C=O) groups excluding carboxylic acids is 2. The molecule has 17 heavy (non-hydrogen) atoms. The quantitative estimate of drug-likeness (QED) is 0.587. The Balaban J connectivity index is 2.69. The molecule has 0 radical (unpaired) electrons. The zero-order chi connectivity index (χ0) is 12.8. The van der Waals surface area contributed by atoms with Crippen molar-refractivity contribution in [2.45, 2.75) is 22.9 Å². The van der Waals surface area contributed by atoms with Gasteiger partial charge in [-0.05, 0) is 6.92 Å². The lowest BCUT2D eigenvalue weighted by atomic mass is 10.3. The van der Waals surface area contributed by atoms with Gasteiger partial charge in [0, 0.05) is 0 Å². The SMILES string of the molecule is COC(=O)CC(Sc1nnc(C)s1)C(=O)OC. The molecule has 0 bridgehead atoms. The van der Waals surface area contributed by atoms with E-state index >= 15 is 0 Å². The molecule has 0 saturated heterocycles. The maximum Gasteiger partial charge on any atom is 0.319 e. The Morgan fingerprint density at radius 1 is 1.35 bits per heavy atom. The third-order valence-corrected chi connectivity index (χ3v) is 3.89. The highest BCUT2D eigenvalue weighted by Gasteiger charge is 2.25. The molecular weight excluding hydrogens is 264 g/mol. The monoisotopic (exact) mass is 276 g/mol. The summed E-state index contributed by atoms with van der Waals surface area (Å²) < 4.78 is 9.78. The number of thioether (sulfide) groups is 1. The smallest absolute Gasteiger partial charge is 0.319 e. The molecule has 1 aromatic heterocycles. The van der Waals surface area contributed by atoms with Crippen LogP contribution in [-0.2, 0) is 19.1 Å². The molecule has 8 heteroatoms. The average molecular weight is 276 g/mol. The number of nitrogens with zero attached hydrogens (tertiary/aromatic N) is 2. The molecule has 0 N–H and O–H groups in total. The minimum absolute atomic E-state index is 0.0491. The molecule has 1 unspecified atom stereocenters. The van der Waals surface area contributed by atoms with Gasteiger partial charge < -0.3 is 9.47 Å². The summed E-state index contributed by atoms with van der Waals surface area (Å²) in [6.45, 7) is 1.81. The number of carbonyl (C=O) groups is 2. The highest BCUT2D eigenvalue weighted by atomic mass is 32.2. The topological polar surface area (TPSA) is 78.4 Å². The van der Waals surface area contributed by atoms with Gasteiger partial charge >= 0.3 is 11.9 Å². The summed E-state index contributed by atoms with van der Waals surface area (Å²) in [5.41, 5.74) is 0. The van der Waals surface area contributed by atoms with Crippen LogP contribution >= 0.6 is 23.1 Å². The molecule has 94 valence electrons. The zero-order valence-corrected chi connectivity index (χ0v) is 11.3. The van der Waals surface area contributed by atoms with Gasteiger partial charge in [-0.15, -0.1) is 10.2 Å². The molecule has 0 amide bonds. The maximum atomic E-state index is 11.5. The Bertz CT molecular complexity index is 407. The van der Waals surface area contributed by atoms with Crippen LogP contribution in [0.1, 0.15) is 11.4 Å². The van der Waals surface area contributed by atoms with Crippen molar-refractivity contribution in [2.24, 2.45) is 0 Å². The van der Waals surface area contributed by atoms with Gasteiger partial charge in [-0.25, -0.2) is 0 Å². The van der Waals surface area contributed by atoms with Gasteiger partial charge in [0.1, 0.15) is 10.3 Å². The number of aryl methyl sites for hydroxylation is 1. The highest BCUT2D eigenvalue weighted by molar-refractivity contribution is 8.02. The summed E-state index contributed by atoms with van der Waals surface area (Å²) >= 11 is 2.51. The molecule has 0 spiro atoms. The number of methoxy groups -OCH3 is 2. The van der Waals surface area contributed by atoms with E-state index in [1.807, 2.05) is 6.92 Å². The highest BCUT2D eigenvalue weighted by Crippen LogP contribution is 2.28. The Morgan fingerprint density at radius 3 is 2.53 bits per heavy atom. The number of ether oxygens (including phenoxy) is 2. The van der Waals surface area contributed by atoms with Crippen LogP contribution in [0.3, 0.4) is 0 Å². The molecule has 0 aliphatic rings.